The average molecular weight is 319 g/mol. The minimum absolute atomic E-state index is 0. The Morgan fingerprint density at radius 1 is 1.05 bits per heavy atom. The number of hydrogen-bond acceptors (Lipinski definition) is 4. The first-order chi connectivity index (χ1) is 8.29. The summed E-state index contributed by atoms with van der Waals surface area (Å²) in [6.07, 6.45) is 1.10. The molecule has 6 nitrogen and oxygen atoms in total. The van der Waals surface area contributed by atoms with Gasteiger partial charge in [-0.15, -0.1) is 0 Å². The van der Waals surface area contributed by atoms with Gasteiger partial charge >= 0.3 is 10.4 Å². The Morgan fingerprint density at radius 3 is 2.16 bits per heavy atom. The number of rotatable bonds is 7. The predicted octanol–water partition coefficient (Wildman–Crippen LogP) is -0.123. The number of benzene rings is 1. The summed E-state index contributed by atoms with van der Waals surface area (Å²) in [4.78, 5) is 0. The van der Waals surface area contributed by atoms with E-state index in [2.05, 4.69) is 0 Å². The van der Waals surface area contributed by atoms with Gasteiger partial charge in [0.05, 0.1) is 0 Å². The predicted molar refractivity (Wildman–Crippen MR) is 70.6 cm³/mol. The van der Waals surface area contributed by atoms with E-state index in [0.717, 1.165) is 9.69 Å². The van der Waals surface area contributed by atoms with E-state index in [1.807, 2.05) is 35.1 Å². The van der Waals surface area contributed by atoms with Crippen LogP contribution in [-0.2, 0) is 27.0 Å². The maximum Gasteiger partial charge on any atom is 0.386 e. The topological polar surface area (TPSA) is 92.3 Å². The summed E-state index contributed by atoms with van der Waals surface area (Å²) in [5.74, 6) is 0. The molecular formula is C9H13FN2NaO4S2. The molecule has 0 aromatic heterocycles. The molecule has 0 fully saturated rings. The van der Waals surface area contributed by atoms with Crippen LogP contribution < -0.4 is 8.85 Å². The van der Waals surface area contributed by atoms with Crippen molar-refractivity contribution in [2.45, 2.75) is 12.8 Å². The Hall–Kier alpha value is -0.0300. The molecule has 2 N–H and O–H groups in total. The molecule has 0 aliphatic heterocycles. The number of nitrogens with one attached hydrogen (secondary N) is 2. The fourth-order valence-electron chi connectivity index (χ4n) is 1.30. The van der Waals surface area contributed by atoms with E-state index >= 15 is 0 Å². The molecule has 1 aromatic rings. The summed E-state index contributed by atoms with van der Waals surface area (Å²) < 4.78 is 57.1. The first kappa shape index (κ1) is 19.0. The second kappa shape index (κ2) is 8.30. The SMILES string of the molecule is O=S(=O)(F)NS(=O)(=O)NCCCc1ccccc1.[Na]. The molecule has 0 unspecified atom stereocenters. The van der Waals surface area contributed by atoms with Crippen molar-refractivity contribution in [2.24, 2.45) is 0 Å². The third-order valence-electron chi connectivity index (χ3n) is 1.99. The summed E-state index contributed by atoms with van der Waals surface area (Å²) in [6, 6.07) is 9.35. The van der Waals surface area contributed by atoms with Crippen molar-refractivity contribution >= 4 is 50.2 Å². The molecule has 0 saturated carbocycles. The molecule has 0 atom stereocenters. The van der Waals surface area contributed by atoms with Gasteiger partial charge in [-0.1, -0.05) is 38.3 Å². The van der Waals surface area contributed by atoms with Gasteiger partial charge in [0.2, 0.25) is 0 Å². The summed E-state index contributed by atoms with van der Waals surface area (Å²) in [5, 5.41) is 0. The van der Waals surface area contributed by atoms with Crippen molar-refractivity contribution in [3.05, 3.63) is 35.9 Å². The Bertz CT molecular complexity index is 577. The molecule has 0 heterocycles. The van der Waals surface area contributed by atoms with Gasteiger partial charge in [-0.25, -0.2) is 4.72 Å². The molecule has 0 amide bonds. The van der Waals surface area contributed by atoms with Gasteiger partial charge in [-0.05, 0) is 18.4 Å². The summed E-state index contributed by atoms with van der Waals surface area (Å²) in [6.45, 7) is 0.0136. The third kappa shape index (κ3) is 9.50. The van der Waals surface area contributed by atoms with E-state index in [1.165, 1.54) is 0 Å². The maximum atomic E-state index is 12.1. The van der Waals surface area contributed by atoms with Gasteiger partial charge in [-0.2, -0.15) is 16.8 Å². The van der Waals surface area contributed by atoms with Crippen LogP contribution in [-0.4, -0.2) is 52.9 Å². The van der Waals surface area contributed by atoms with Crippen LogP contribution >= 0.6 is 0 Å². The van der Waals surface area contributed by atoms with Crippen molar-refractivity contribution in [3.63, 3.8) is 0 Å². The zero-order valence-corrected chi connectivity index (χ0v) is 14.0. The average Bonchev–Trinajstić information content (AvgIpc) is 2.23. The maximum absolute atomic E-state index is 12.1. The van der Waals surface area contributed by atoms with E-state index in [0.29, 0.717) is 12.8 Å². The fourth-order valence-corrected chi connectivity index (χ4v) is 3.00. The summed E-state index contributed by atoms with van der Waals surface area (Å²) in [7, 11) is -9.63. The minimum atomic E-state index is -5.27. The van der Waals surface area contributed by atoms with Crippen molar-refractivity contribution in [3.8, 4) is 0 Å². The first-order valence-electron chi connectivity index (χ1n) is 5.05. The van der Waals surface area contributed by atoms with Crippen LogP contribution in [0.25, 0.3) is 0 Å². The molecule has 0 bridgehead atoms. The van der Waals surface area contributed by atoms with Crippen molar-refractivity contribution < 1.29 is 20.7 Å². The van der Waals surface area contributed by atoms with E-state index in [4.69, 9.17) is 0 Å². The summed E-state index contributed by atoms with van der Waals surface area (Å²) >= 11 is 0. The van der Waals surface area contributed by atoms with E-state index < -0.39 is 20.6 Å². The fraction of sp³-hybridized carbons (Fsp3) is 0.333. The Balaban J connectivity index is 0.00000324. The van der Waals surface area contributed by atoms with Crippen LogP contribution in [0.5, 0.6) is 0 Å². The van der Waals surface area contributed by atoms with Crippen LogP contribution in [0.15, 0.2) is 30.3 Å². The number of halogens is 1. The molecule has 1 rings (SSSR count). The quantitative estimate of drug-likeness (QED) is 0.416. The standard InChI is InChI=1S/C9H13FN2O4S2.Na/c10-17(13,14)12-18(15,16)11-8-4-7-9-5-2-1-3-6-9;/h1-3,5-6,11-12H,4,7-8H2;. The van der Waals surface area contributed by atoms with Gasteiger partial charge in [0.15, 0.2) is 0 Å². The monoisotopic (exact) mass is 319 g/mol. The Morgan fingerprint density at radius 2 is 1.63 bits per heavy atom. The largest absolute Gasteiger partial charge is 0.386 e. The molecule has 10 heteroatoms. The van der Waals surface area contributed by atoms with Crippen LogP contribution in [0.4, 0.5) is 3.89 Å². The molecule has 0 aliphatic carbocycles. The molecule has 1 radical (unpaired) electrons. The molecule has 103 valence electrons. The van der Waals surface area contributed by atoms with Crippen LogP contribution in [0.3, 0.4) is 0 Å². The zero-order valence-electron chi connectivity index (χ0n) is 10.3. The van der Waals surface area contributed by atoms with E-state index in [1.54, 1.807) is 0 Å². The first-order valence-corrected chi connectivity index (χ1v) is 7.92. The van der Waals surface area contributed by atoms with E-state index in [-0.39, 0.29) is 36.1 Å². The Kier molecular flexibility index (Phi) is 8.29. The number of aryl methyl sites for hydroxylation is 1. The van der Waals surface area contributed by atoms with Gasteiger partial charge in [0.25, 0.3) is 10.2 Å². The smallest absolute Gasteiger partial charge is 0.201 e. The Labute approximate surface area is 134 Å². The van der Waals surface area contributed by atoms with Crippen LogP contribution in [0, 0.1) is 0 Å². The summed E-state index contributed by atoms with van der Waals surface area (Å²) in [5.41, 5.74) is 1.03. The molecule has 0 saturated heterocycles. The second-order valence-electron chi connectivity index (χ2n) is 3.51. The van der Waals surface area contributed by atoms with Crippen molar-refractivity contribution in [1.82, 2.24) is 8.85 Å². The molecule has 0 aliphatic rings. The van der Waals surface area contributed by atoms with Gasteiger partial charge in [0.1, 0.15) is 0 Å². The van der Waals surface area contributed by atoms with Gasteiger partial charge < -0.3 is 0 Å². The zero-order chi connectivity index (χ0) is 13.6. The molecule has 19 heavy (non-hydrogen) atoms. The molecule has 1 aromatic carbocycles. The number of hydrogen-bond donors (Lipinski definition) is 2. The van der Waals surface area contributed by atoms with Gasteiger partial charge in [0, 0.05) is 36.1 Å². The molecule has 0 spiro atoms. The van der Waals surface area contributed by atoms with Crippen molar-refractivity contribution in [1.29, 1.82) is 0 Å². The molecular weight excluding hydrogens is 306 g/mol. The van der Waals surface area contributed by atoms with Gasteiger partial charge in [-0.3, -0.25) is 0 Å². The van der Waals surface area contributed by atoms with Crippen LogP contribution in [0.1, 0.15) is 12.0 Å². The third-order valence-corrected chi connectivity index (χ3v) is 4.24. The normalized spacial score (nSPS) is 11.8. The van der Waals surface area contributed by atoms with E-state index in [9.17, 15) is 20.7 Å². The van der Waals surface area contributed by atoms with Crippen molar-refractivity contribution in [2.75, 3.05) is 6.54 Å². The minimum Gasteiger partial charge on any atom is -0.201 e. The van der Waals surface area contributed by atoms with Crippen LogP contribution in [0.2, 0.25) is 0 Å². The second-order valence-corrected chi connectivity index (χ2v) is 6.35.